The van der Waals surface area contributed by atoms with Gasteiger partial charge in [-0.3, -0.25) is 9.78 Å². The van der Waals surface area contributed by atoms with E-state index in [2.05, 4.69) is 55.4 Å². The molecule has 0 spiro atoms. The monoisotopic (exact) mass is 450 g/mol. The van der Waals surface area contributed by atoms with Crippen LogP contribution >= 0.6 is 11.8 Å². The Morgan fingerprint density at radius 1 is 0.906 bits per heavy atom. The highest BCUT2D eigenvalue weighted by Crippen LogP contribution is 2.23. The largest absolute Gasteiger partial charge is 0.306 e. The number of thioether (sulfide) groups is 1. The number of benzene rings is 2. The molecule has 0 aliphatic carbocycles. The van der Waals surface area contributed by atoms with E-state index in [-0.39, 0.29) is 5.91 Å². The van der Waals surface area contributed by atoms with Gasteiger partial charge in [0.2, 0.25) is 5.91 Å². The Hall–Kier alpha value is -2.59. The topological polar surface area (TPSA) is 33.2 Å². The number of pyridine rings is 1. The zero-order valence-electron chi connectivity index (χ0n) is 20.7. The highest BCUT2D eigenvalue weighted by molar-refractivity contribution is 7.98. The predicted octanol–water partition coefficient (Wildman–Crippen LogP) is 7.18. The summed E-state index contributed by atoms with van der Waals surface area (Å²) in [7, 11) is 0. The molecule has 0 radical (unpaired) electrons. The van der Waals surface area contributed by atoms with Gasteiger partial charge in [0.05, 0.1) is 17.9 Å². The van der Waals surface area contributed by atoms with Gasteiger partial charge in [-0.2, -0.15) is 11.8 Å². The predicted molar refractivity (Wildman–Crippen MR) is 142 cm³/mol. The molecule has 0 bridgehead atoms. The van der Waals surface area contributed by atoms with Gasteiger partial charge >= 0.3 is 0 Å². The highest BCUT2D eigenvalue weighted by Gasteiger charge is 2.16. The first-order valence-corrected chi connectivity index (χ1v) is 12.6. The van der Waals surface area contributed by atoms with E-state index in [4.69, 9.17) is 0 Å². The van der Waals surface area contributed by atoms with E-state index in [1.165, 1.54) is 22.3 Å². The standard InChI is InChI=1S/C19H24N2OS.C7H8.C2H6/c1-14-7-8-17(9-11-23-4)18(12-14)13-21(16(3)22)19-6-5-10-20-15(19)2;1-7-5-3-2-4-6-7;1-2/h5-8,10,12H,9,11,13H2,1-4H3;2-6H,1H3;1-2H3. The molecule has 2 aromatic carbocycles. The molecule has 0 aliphatic rings. The second-order valence-electron chi connectivity index (χ2n) is 7.38. The first-order valence-electron chi connectivity index (χ1n) is 11.2. The molecule has 0 N–H and O–H groups in total. The third-order valence-electron chi connectivity index (χ3n) is 4.86. The molecule has 1 heterocycles. The molecular formula is C28H38N2OS. The summed E-state index contributed by atoms with van der Waals surface area (Å²) in [6, 6.07) is 20.6. The fraction of sp³-hybridized carbons (Fsp3) is 0.357. The maximum atomic E-state index is 12.2. The number of aromatic nitrogens is 1. The first-order chi connectivity index (χ1) is 15.4. The number of carbonyl (C=O) groups is 1. The van der Waals surface area contributed by atoms with Crippen molar-refractivity contribution in [2.45, 2.75) is 54.5 Å². The molecule has 172 valence electrons. The van der Waals surface area contributed by atoms with Gasteiger partial charge in [0.25, 0.3) is 0 Å². The summed E-state index contributed by atoms with van der Waals surface area (Å²) in [5.74, 6) is 1.13. The van der Waals surface area contributed by atoms with Gasteiger partial charge in [-0.05, 0) is 62.5 Å². The summed E-state index contributed by atoms with van der Waals surface area (Å²) in [5, 5.41) is 0. The van der Waals surface area contributed by atoms with Crippen LogP contribution in [0.3, 0.4) is 0 Å². The molecule has 0 atom stereocenters. The molecule has 3 nitrogen and oxygen atoms in total. The van der Waals surface area contributed by atoms with Crippen LogP contribution in [0.1, 0.15) is 48.7 Å². The lowest BCUT2D eigenvalue weighted by atomic mass is 10.0. The van der Waals surface area contributed by atoms with Crippen LogP contribution in [0, 0.1) is 20.8 Å². The SMILES string of the molecule is CC.CSCCc1ccc(C)cc1CN(C(C)=O)c1cccnc1C.Cc1ccccc1. The summed E-state index contributed by atoms with van der Waals surface area (Å²) >= 11 is 1.84. The summed E-state index contributed by atoms with van der Waals surface area (Å²) < 4.78 is 0. The molecule has 1 aromatic heterocycles. The first kappa shape index (κ1) is 27.4. The van der Waals surface area contributed by atoms with Gasteiger partial charge < -0.3 is 4.90 Å². The number of anilines is 1. The maximum absolute atomic E-state index is 12.2. The molecule has 0 aliphatic heterocycles. The summed E-state index contributed by atoms with van der Waals surface area (Å²) in [6.07, 6.45) is 4.90. The number of hydrogen-bond donors (Lipinski definition) is 0. The average molecular weight is 451 g/mol. The number of amides is 1. The van der Waals surface area contributed by atoms with E-state index < -0.39 is 0 Å². The van der Waals surface area contributed by atoms with Crippen molar-refractivity contribution in [3.8, 4) is 0 Å². The Kier molecular flexibility index (Phi) is 13.1. The average Bonchev–Trinajstić information content (AvgIpc) is 2.79. The van der Waals surface area contributed by atoms with E-state index >= 15 is 0 Å². The third-order valence-corrected chi connectivity index (χ3v) is 5.47. The van der Waals surface area contributed by atoms with Crippen LogP contribution in [-0.4, -0.2) is 22.9 Å². The lowest BCUT2D eigenvalue weighted by Crippen LogP contribution is -2.29. The molecule has 0 saturated carbocycles. The van der Waals surface area contributed by atoms with Crippen molar-refractivity contribution in [3.05, 3.63) is 94.8 Å². The fourth-order valence-electron chi connectivity index (χ4n) is 3.19. The van der Waals surface area contributed by atoms with Crippen LogP contribution in [0.15, 0.2) is 66.9 Å². The van der Waals surface area contributed by atoms with Crippen molar-refractivity contribution >= 4 is 23.4 Å². The van der Waals surface area contributed by atoms with Crippen molar-refractivity contribution < 1.29 is 4.79 Å². The third kappa shape index (κ3) is 9.27. The second-order valence-corrected chi connectivity index (χ2v) is 8.37. The van der Waals surface area contributed by atoms with Crippen molar-refractivity contribution in [1.82, 2.24) is 4.98 Å². The minimum absolute atomic E-state index is 0.0402. The number of nitrogens with zero attached hydrogens (tertiary/aromatic N) is 2. The van der Waals surface area contributed by atoms with Crippen molar-refractivity contribution in [2.75, 3.05) is 16.9 Å². The van der Waals surface area contributed by atoms with Crippen molar-refractivity contribution in [3.63, 3.8) is 0 Å². The van der Waals surface area contributed by atoms with E-state index in [9.17, 15) is 4.79 Å². The molecule has 0 unspecified atom stereocenters. The zero-order chi connectivity index (χ0) is 23.9. The van der Waals surface area contributed by atoms with Gasteiger partial charge in [0.15, 0.2) is 0 Å². The lowest BCUT2D eigenvalue weighted by molar-refractivity contribution is -0.116. The lowest BCUT2D eigenvalue weighted by Gasteiger charge is -2.24. The van der Waals surface area contributed by atoms with Gasteiger partial charge in [-0.1, -0.05) is 73.5 Å². The van der Waals surface area contributed by atoms with Crippen LogP contribution in [0.4, 0.5) is 5.69 Å². The fourth-order valence-corrected chi connectivity index (χ4v) is 3.61. The number of aryl methyl sites for hydroxylation is 4. The van der Waals surface area contributed by atoms with Gasteiger partial charge in [0, 0.05) is 13.1 Å². The summed E-state index contributed by atoms with van der Waals surface area (Å²) in [5.41, 5.74) is 6.84. The van der Waals surface area contributed by atoms with Crippen LogP contribution < -0.4 is 4.90 Å². The number of rotatable bonds is 6. The van der Waals surface area contributed by atoms with E-state index in [0.717, 1.165) is 23.6 Å². The minimum Gasteiger partial charge on any atom is -0.306 e. The number of hydrogen-bond acceptors (Lipinski definition) is 3. The van der Waals surface area contributed by atoms with Crippen molar-refractivity contribution in [2.24, 2.45) is 0 Å². The molecule has 3 aromatic rings. The minimum atomic E-state index is 0.0402. The zero-order valence-corrected chi connectivity index (χ0v) is 21.5. The van der Waals surface area contributed by atoms with E-state index in [0.29, 0.717) is 6.54 Å². The Balaban J connectivity index is 0.000000477. The Morgan fingerprint density at radius 2 is 1.59 bits per heavy atom. The molecule has 3 rings (SSSR count). The Labute approximate surface area is 199 Å². The summed E-state index contributed by atoms with van der Waals surface area (Å²) in [6.45, 7) is 12.3. The molecule has 32 heavy (non-hydrogen) atoms. The van der Waals surface area contributed by atoms with Crippen molar-refractivity contribution in [1.29, 1.82) is 0 Å². The molecule has 0 fully saturated rings. The second kappa shape index (κ2) is 15.3. The van der Waals surface area contributed by atoms with Crippen LogP contribution in [0.5, 0.6) is 0 Å². The highest BCUT2D eigenvalue weighted by atomic mass is 32.2. The molecular weight excluding hydrogens is 412 g/mol. The van der Waals surface area contributed by atoms with Gasteiger partial charge in [0.1, 0.15) is 0 Å². The smallest absolute Gasteiger partial charge is 0.224 e. The molecule has 4 heteroatoms. The normalized spacial score (nSPS) is 9.72. The van der Waals surface area contributed by atoms with E-state index in [1.807, 2.05) is 67.8 Å². The van der Waals surface area contributed by atoms with Crippen LogP contribution in [0.25, 0.3) is 0 Å². The van der Waals surface area contributed by atoms with Gasteiger partial charge in [-0.15, -0.1) is 0 Å². The molecule has 1 amide bonds. The number of carbonyl (C=O) groups excluding carboxylic acids is 1. The Bertz CT molecular complexity index is 941. The van der Waals surface area contributed by atoms with E-state index in [1.54, 1.807) is 13.1 Å². The maximum Gasteiger partial charge on any atom is 0.224 e. The summed E-state index contributed by atoms with van der Waals surface area (Å²) in [4.78, 5) is 18.3. The molecule has 0 saturated heterocycles. The Morgan fingerprint density at radius 3 is 2.12 bits per heavy atom. The van der Waals surface area contributed by atoms with Crippen LogP contribution in [-0.2, 0) is 17.8 Å². The quantitative estimate of drug-likeness (QED) is 0.399. The van der Waals surface area contributed by atoms with Crippen LogP contribution in [0.2, 0.25) is 0 Å². The van der Waals surface area contributed by atoms with Gasteiger partial charge in [-0.25, -0.2) is 0 Å².